The minimum absolute atomic E-state index is 0.788. The van der Waals surface area contributed by atoms with Gasteiger partial charge in [0.05, 0.1) is 17.8 Å². The molecule has 0 unspecified atom stereocenters. The number of thioether (sulfide) groups is 1. The van der Waals surface area contributed by atoms with Gasteiger partial charge in [0, 0.05) is 41.3 Å². The van der Waals surface area contributed by atoms with Crippen LogP contribution in [0.1, 0.15) is 23.7 Å². The summed E-state index contributed by atoms with van der Waals surface area (Å²) < 4.78 is 7.50. The molecule has 2 aromatic heterocycles. The summed E-state index contributed by atoms with van der Waals surface area (Å²) in [5, 5.41) is 4.65. The topological polar surface area (TPSA) is 39.1 Å². The maximum absolute atomic E-state index is 5.39. The number of nitrogens with zero attached hydrogens (tertiary/aromatic N) is 2. The minimum Gasteiger partial charge on any atom is -0.496 e. The first-order chi connectivity index (χ1) is 13.1. The monoisotopic (exact) mass is 379 g/mol. The molecule has 0 fully saturated rings. The maximum atomic E-state index is 5.39. The Morgan fingerprint density at radius 1 is 1.22 bits per heavy atom. The highest BCUT2D eigenvalue weighted by Gasteiger charge is 2.09. The molecule has 0 bridgehead atoms. The van der Waals surface area contributed by atoms with E-state index in [1.54, 1.807) is 25.1 Å². The predicted molar refractivity (Wildman–Crippen MR) is 115 cm³/mol. The van der Waals surface area contributed by atoms with Crippen LogP contribution < -0.4 is 10.1 Å². The summed E-state index contributed by atoms with van der Waals surface area (Å²) in [6, 6.07) is 12.4. The third kappa shape index (κ3) is 4.55. The predicted octanol–water partition coefficient (Wildman–Crippen LogP) is 5.70. The van der Waals surface area contributed by atoms with Gasteiger partial charge in [0.2, 0.25) is 0 Å². The van der Waals surface area contributed by atoms with Crippen molar-refractivity contribution in [1.82, 2.24) is 9.55 Å². The summed E-state index contributed by atoms with van der Waals surface area (Å²) in [5.41, 5.74) is 5.61. The number of benzene rings is 1. The highest BCUT2D eigenvalue weighted by Crippen LogP contribution is 2.28. The van der Waals surface area contributed by atoms with Crippen LogP contribution in [0.15, 0.2) is 66.1 Å². The van der Waals surface area contributed by atoms with Gasteiger partial charge >= 0.3 is 0 Å². The second-order valence-corrected chi connectivity index (χ2v) is 7.26. The van der Waals surface area contributed by atoms with E-state index >= 15 is 0 Å². The van der Waals surface area contributed by atoms with E-state index in [0.717, 1.165) is 39.2 Å². The van der Waals surface area contributed by atoms with Crippen molar-refractivity contribution in [2.75, 3.05) is 12.4 Å². The van der Waals surface area contributed by atoms with Crippen molar-refractivity contribution in [1.29, 1.82) is 0 Å². The number of pyridine rings is 1. The Bertz CT molecular complexity index is 933. The van der Waals surface area contributed by atoms with Gasteiger partial charge in [-0.25, -0.2) is 0 Å². The second-order valence-electron chi connectivity index (χ2n) is 6.24. The molecule has 27 heavy (non-hydrogen) atoms. The maximum Gasteiger partial charge on any atom is 0.125 e. The van der Waals surface area contributed by atoms with Gasteiger partial charge in [-0.05, 0) is 62.7 Å². The highest BCUT2D eigenvalue weighted by atomic mass is 32.2. The SMILES string of the molecule is CC=C(Nc1ccc(-n2cccc2)cc1C)SCc1nccc(OC)c1C. The lowest BCUT2D eigenvalue weighted by molar-refractivity contribution is 0.410. The van der Waals surface area contributed by atoms with Gasteiger partial charge in [-0.15, -0.1) is 11.8 Å². The third-order valence-electron chi connectivity index (χ3n) is 4.48. The van der Waals surface area contributed by atoms with Crippen LogP contribution in [0.5, 0.6) is 5.75 Å². The molecule has 5 heteroatoms. The summed E-state index contributed by atoms with van der Waals surface area (Å²) in [6.07, 6.45) is 8.01. The normalized spacial score (nSPS) is 11.5. The first kappa shape index (κ1) is 19.1. The molecule has 0 saturated carbocycles. The molecule has 0 aliphatic rings. The van der Waals surface area contributed by atoms with Crippen LogP contribution >= 0.6 is 11.8 Å². The van der Waals surface area contributed by atoms with Crippen LogP contribution in [0.25, 0.3) is 5.69 Å². The van der Waals surface area contributed by atoms with Gasteiger partial charge in [-0.2, -0.15) is 0 Å². The number of allylic oxidation sites excluding steroid dienone is 1. The molecule has 3 aromatic rings. The molecule has 3 rings (SSSR count). The molecule has 0 amide bonds. The number of aryl methyl sites for hydroxylation is 1. The first-order valence-electron chi connectivity index (χ1n) is 8.91. The van der Waals surface area contributed by atoms with Gasteiger partial charge < -0.3 is 14.6 Å². The van der Waals surface area contributed by atoms with Gasteiger partial charge in [-0.1, -0.05) is 6.08 Å². The molecule has 0 saturated heterocycles. The molecule has 0 aliphatic carbocycles. The Morgan fingerprint density at radius 2 is 2.00 bits per heavy atom. The molecular formula is C22H25N3OS. The molecule has 0 atom stereocenters. The van der Waals surface area contributed by atoms with Crippen LogP contribution in [-0.4, -0.2) is 16.7 Å². The highest BCUT2D eigenvalue weighted by molar-refractivity contribution is 8.02. The number of aromatic nitrogens is 2. The summed E-state index contributed by atoms with van der Waals surface area (Å²) in [7, 11) is 1.69. The molecule has 0 radical (unpaired) electrons. The lowest BCUT2D eigenvalue weighted by Crippen LogP contribution is -2.01. The van der Waals surface area contributed by atoms with Crippen LogP contribution in [0.4, 0.5) is 5.69 Å². The number of anilines is 1. The number of methoxy groups -OCH3 is 1. The first-order valence-corrected chi connectivity index (χ1v) is 9.89. The number of ether oxygens (including phenoxy) is 1. The van der Waals surface area contributed by atoms with Gasteiger partial charge in [0.15, 0.2) is 0 Å². The van der Waals surface area contributed by atoms with Crippen LogP contribution in [0, 0.1) is 13.8 Å². The summed E-state index contributed by atoms with van der Waals surface area (Å²) >= 11 is 1.74. The van der Waals surface area contributed by atoms with Crippen molar-refractivity contribution in [2.24, 2.45) is 0 Å². The molecule has 0 aliphatic heterocycles. The van der Waals surface area contributed by atoms with E-state index in [-0.39, 0.29) is 0 Å². The fourth-order valence-electron chi connectivity index (χ4n) is 2.85. The van der Waals surface area contributed by atoms with Gasteiger partial charge in [-0.3, -0.25) is 4.98 Å². The van der Waals surface area contributed by atoms with Crippen LogP contribution in [0.3, 0.4) is 0 Å². The van der Waals surface area contributed by atoms with Gasteiger partial charge in [0.1, 0.15) is 5.75 Å². The van der Waals surface area contributed by atoms with Crippen LogP contribution in [0.2, 0.25) is 0 Å². The molecular weight excluding hydrogens is 354 g/mol. The standard InChI is InChI=1S/C22H25N3OS/c1-5-22(27-15-20-17(3)21(26-4)10-11-23-20)24-19-9-8-18(14-16(19)2)25-12-6-7-13-25/h5-14,24H,15H2,1-4H3. The summed E-state index contributed by atoms with van der Waals surface area (Å²) in [6.45, 7) is 6.22. The third-order valence-corrected chi connectivity index (χ3v) is 5.54. The van der Waals surface area contributed by atoms with Crippen molar-refractivity contribution in [3.63, 3.8) is 0 Å². The Morgan fingerprint density at radius 3 is 2.67 bits per heavy atom. The van der Waals surface area contributed by atoms with Crippen molar-refractivity contribution >= 4 is 17.4 Å². The quantitative estimate of drug-likeness (QED) is 0.571. The van der Waals surface area contributed by atoms with E-state index in [1.807, 2.05) is 25.1 Å². The number of nitrogens with one attached hydrogen (secondary N) is 1. The molecule has 1 N–H and O–H groups in total. The largest absolute Gasteiger partial charge is 0.496 e. The smallest absolute Gasteiger partial charge is 0.125 e. The zero-order valence-electron chi connectivity index (χ0n) is 16.2. The van der Waals surface area contributed by atoms with Crippen molar-refractivity contribution in [2.45, 2.75) is 26.5 Å². The van der Waals surface area contributed by atoms with E-state index in [2.05, 4.69) is 65.4 Å². The fourth-order valence-corrected chi connectivity index (χ4v) is 3.78. The number of hydrogen-bond donors (Lipinski definition) is 1. The molecule has 2 heterocycles. The molecule has 0 spiro atoms. The average Bonchev–Trinajstić information content (AvgIpc) is 3.22. The van der Waals surface area contributed by atoms with Crippen molar-refractivity contribution < 1.29 is 4.74 Å². The summed E-state index contributed by atoms with van der Waals surface area (Å²) in [4.78, 5) is 4.50. The number of hydrogen-bond acceptors (Lipinski definition) is 4. The lowest BCUT2D eigenvalue weighted by Gasteiger charge is -2.15. The van der Waals surface area contributed by atoms with Crippen molar-refractivity contribution in [3.8, 4) is 11.4 Å². The Kier molecular flexibility index (Phi) is 6.24. The average molecular weight is 380 g/mol. The lowest BCUT2D eigenvalue weighted by atomic mass is 10.2. The van der Waals surface area contributed by atoms with E-state index < -0.39 is 0 Å². The van der Waals surface area contributed by atoms with E-state index in [0.29, 0.717) is 0 Å². The molecule has 4 nitrogen and oxygen atoms in total. The molecule has 140 valence electrons. The zero-order valence-corrected chi connectivity index (χ0v) is 17.0. The Balaban J connectivity index is 1.69. The van der Waals surface area contributed by atoms with E-state index in [9.17, 15) is 0 Å². The zero-order chi connectivity index (χ0) is 19.2. The van der Waals surface area contributed by atoms with Crippen LogP contribution in [-0.2, 0) is 5.75 Å². The van der Waals surface area contributed by atoms with E-state index in [1.165, 1.54) is 5.56 Å². The summed E-state index contributed by atoms with van der Waals surface area (Å²) in [5.74, 6) is 1.67. The number of rotatable bonds is 7. The van der Waals surface area contributed by atoms with E-state index in [4.69, 9.17) is 4.74 Å². The van der Waals surface area contributed by atoms with Crippen molar-refractivity contribution in [3.05, 3.63) is 82.9 Å². The van der Waals surface area contributed by atoms with Gasteiger partial charge in [0.25, 0.3) is 0 Å². The molecule has 1 aromatic carbocycles. The minimum atomic E-state index is 0.788. The fraction of sp³-hybridized carbons (Fsp3) is 0.227. The second kappa shape index (κ2) is 8.82. The Hall–Kier alpha value is -2.66. The Labute approximate surface area is 165 Å².